The fraction of sp³-hybridized carbons (Fsp3) is 0.500. The molecule has 0 radical (unpaired) electrons. The number of thioether (sulfide) groups is 1. The molecule has 1 saturated heterocycles. The molecule has 0 bridgehead atoms. The maximum absolute atomic E-state index is 13.5. The van der Waals surface area contributed by atoms with Crippen LogP contribution in [-0.4, -0.2) is 65.9 Å². The Morgan fingerprint density at radius 2 is 2.00 bits per heavy atom. The number of urea groups is 1. The van der Waals surface area contributed by atoms with Gasteiger partial charge in [0.05, 0.1) is 19.7 Å². The van der Waals surface area contributed by atoms with Gasteiger partial charge in [-0.1, -0.05) is 6.08 Å². The van der Waals surface area contributed by atoms with Gasteiger partial charge in [-0.3, -0.25) is 19.3 Å². The monoisotopic (exact) mass is 471 g/mol. The van der Waals surface area contributed by atoms with Gasteiger partial charge in [0.1, 0.15) is 17.3 Å². The average molecular weight is 472 g/mol. The number of nitrogens with one attached hydrogen (secondary N) is 1. The van der Waals surface area contributed by atoms with Crippen molar-refractivity contribution in [3.8, 4) is 5.75 Å². The Labute approximate surface area is 197 Å². The summed E-state index contributed by atoms with van der Waals surface area (Å²) in [6.45, 7) is 0.604. The highest BCUT2D eigenvalue weighted by molar-refractivity contribution is 8.03. The predicted octanol–water partition coefficient (Wildman–Crippen LogP) is 2.82. The number of imide groups is 1. The lowest BCUT2D eigenvalue weighted by Gasteiger charge is -2.43. The SMILES string of the molecule is CNC(=O)C1CCC(CN2C(=O)C3SC=CC3N(Cc3cc(C=O)ccc3OC)C2=O)CC1. The van der Waals surface area contributed by atoms with Crippen LogP contribution in [-0.2, 0) is 16.1 Å². The lowest BCUT2D eigenvalue weighted by atomic mass is 9.81. The van der Waals surface area contributed by atoms with Gasteiger partial charge in [0.15, 0.2) is 0 Å². The molecule has 4 amide bonds. The third-order valence-electron chi connectivity index (χ3n) is 6.84. The molecule has 3 aliphatic rings. The van der Waals surface area contributed by atoms with Crippen LogP contribution >= 0.6 is 11.8 Å². The van der Waals surface area contributed by atoms with Crippen molar-refractivity contribution in [2.24, 2.45) is 11.8 Å². The van der Waals surface area contributed by atoms with E-state index in [4.69, 9.17) is 4.74 Å². The van der Waals surface area contributed by atoms with E-state index in [0.29, 0.717) is 17.9 Å². The van der Waals surface area contributed by atoms with Crippen molar-refractivity contribution in [3.05, 3.63) is 40.8 Å². The highest BCUT2D eigenvalue weighted by Gasteiger charge is 2.48. The number of methoxy groups -OCH3 is 1. The number of carbonyl (C=O) groups excluding carboxylic acids is 4. The van der Waals surface area contributed by atoms with Crippen LogP contribution in [0, 0.1) is 11.8 Å². The number of rotatable bonds is 7. The highest BCUT2D eigenvalue weighted by Crippen LogP contribution is 2.38. The van der Waals surface area contributed by atoms with E-state index in [1.807, 2.05) is 11.5 Å². The minimum atomic E-state index is -0.370. The topological polar surface area (TPSA) is 96.0 Å². The molecule has 176 valence electrons. The van der Waals surface area contributed by atoms with Crippen LogP contribution in [0.3, 0.4) is 0 Å². The Morgan fingerprint density at radius 1 is 1.24 bits per heavy atom. The number of nitrogens with zero attached hydrogens (tertiary/aromatic N) is 2. The third-order valence-corrected chi connectivity index (χ3v) is 7.93. The largest absolute Gasteiger partial charge is 0.496 e. The van der Waals surface area contributed by atoms with Crippen LogP contribution < -0.4 is 10.1 Å². The first kappa shape index (κ1) is 23.4. The zero-order chi connectivity index (χ0) is 23.5. The molecule has 2 atom stereocenters. The number of amides is 4. The van der Waals surface area contributed by atoms with E-state index in [0.717, 1.165) is 37.5 Å². The molecule has 8 nitrogen and oxygen atoms in total. The van der Waals surface area contributed by atoms with Gasteiger partial charge in [-0.25, -0.2) is 4.79 Å². The van der Waals surface area contributed by atoms with Crippen molar-refractivity contribution in [3.63, 3.8) is 0 Å². The summed E-state index contributed by atoms with van der Waals surface area (Å²) in [4.78, 5) is 53.1. The first-order valence-electron chi connectivity index (χ1n) is 11.2. The molecule has 9 heteroatoms. The first-order valence-corrected chi connectivity index (χ1v) is 12.2. The second-order valence-corrected chi connectivity index (χ2v) is 9.81. The van der Waals surface area contributed by atoms with Gasteiger partial charge in [0.2, 0.25) is 11.8 Å². The van der Waals surface area contributed by atoms with Crippen LogP contribution in [0.15, 0.2) is 29.7 Å². The number of fused-ring (bicyclic) bond motifs is 1. The van der Waals surface area contributed by atoms with E-state index >= 15 is 0 Å². The molecule has 1 N–H and O–H groups in total. The van der Waals surface area contributed by atoms with Crippen molar-refractivity contribution in [1.29, 1.82) is 0 Å². The van der Waals surface area contributed by atoms with E-state index in [2.05, 4.69) is 5.32 Å². The fourth-order valence-electron chi connectivity index (χ4n) is 4.98. The molecular weight excluding hydrogens is 442 g/mol. The van der Waals surface area contributed by atoms with Crippen molar-refractivity contribution in [2.75, 3.05) is 20.7 Å². The Hall–Kier alpha value is -2.81. The Bertz CT molecular complexity index is 973. The summed E-state index contributed by atoms with van der Waals surface area (Å²) >= 11 is 1.44. The molecule has 2 heterocycles. The van der Waals surface area contributed by atoms with Crippen molar-refractivity contribution in [1.82, 2.24) is 15.1 Å². The maximum atomic E-state index is 13.5. The summed E-state index contributed by atoms with van der Waals surface area (Å²) < 4.78 is 5.45. The van der Waals surface area contributed by atoms with Crippen molar-refractivity contribution in [2.45, 2.75) is 43.5 Å². The average Bonchev–Trinajstić information content (AvgIpc) is 3.34. The summed E-state index contributed by atoms with van der Waals surface area (Å²) in [5.74, 6) is 0.692. The van der Waals surface area contributed by atoms with Crippen LogP contribution in [0.1, 0.15) is 41.6 Å². The van der Waals surface area contributed by atoms with E-state index in [1.165, 1.54) is 16.7 Å². The summed E-state index contributed by atoms with van der Waals surface area (Å²) in [5.41, 5.74) is 1.23. The normalized spacial score (nSPS) is 26.8. The smallest absolute Gasteiger partial charge is 0.327 e. The second-order valence-electron chi connectivity index (χ2n) is 8.76. The van der Waals surface area contributed by atoms with E-state index in [-0.39, 0.29) is 47.5 Å². The van der Waals surface area contributed by atoms with Crippen LogP contribution in [0.5, 0.6) is 5.75 Å². The molecule has 2 fully saturated rings. The summed E-state index contributed by atoms with van der Waals surface area (Å²) in [6, 6.07) is 4.46. The molecule has 2 unspecified atom stereocenters. The quantitative estimate of drug-likeness (QED) is 0.615. The Balaban J connectivity index is 1.52. The Morgan fingerprint density at radius 3 is 2.67 bits per heavy atom. The molecule has 2 aliphatic heterocycles. The van der Waals surface area contributed by atoms with Crippen LogP contribution in [0.4, 0.5) is 4.79 Å². The molecular formula is C24H29N3O5S. The minimum Gasteiger partial charge on any atom is -0.496 e. The van der Waals surface area contributed by atoms with Gasteiger partial charge < -0.3 is 15.0 Å². The highest BCUT2D eigenvalue weighted by atomic mass is 32.2. The van der Waals surface area contributed by atoms with Crippen molar-refractivity contribution >= 4 is 35.9 Å². The number of hydrogen-bond acceptors (Lipinski definition) is 6. The predicted molar refractivity (Wildman–Crippen MR) is 125 cm³/mol. The molecule has 33 heavy (non-hydrogen) atoms. The van der Waals surface area contributed by atoms with Gasteiger partial charge in [0, 0.05) is 30.6 Å². The Kier molecular flexibility index (Phi) is 7.07. The molecule has 1 aromatic rings. The zero-order valence-corrected chi connectivity index (χ0v) is 19.7. The van der Waals surface area contributed by atoms with E-state index < -0.39 is 0 Å². The number of aldehydes is 1. The number of hydrogen-bond donors (Lipinski definition) is 1. The van der Waals surface area contributed by atoms with Crippen LogP contribution in [0.25, 0.3) is 0 Å². The zero-order valence-electron chi connectivity index (χ0n) is 18.9. The molecule has 1 saturated carbocycles. The number of carbonyl (C=O) groups is 4. The van der Waals surface area contributed by atoms with Gasteiger partial charge in [-0.05, 0) is 55.2 Å². The second kappa shape index (κ2) is 9.99. The van der Waals surface area contributed by atoms with Crippen molar-refractivity contribution < 1.29 is 23.9 Å². The summed E-state index contributed by atoms with van der Waals surface area (Å²) in [6.07, 6.45) is 5.81. The molecule has 1 aliphatic carbocycles. The maximum Gasteiger partial charge on any atom is 0.327 e. The van der Waals surface area contributed by atoms with E-state index in [1.54, 1.807) is 37.3 Å². The minimum absolute atomic E-state index is 0.00651. The van der Waals surface area contributed by atoms with Gasteiger partial charge in [-0.15, -0.1) is 11.8 Å². The standard InChI is InChI=1S/C24H29N3O5S/c1-25-22(29)17-6-3-15(4-7-17)12-27-23(30)21-19(9-10-33-21)26(24(27)31)13-18-11-16(14-28)5-8-20(18)32-2/h5,8-11,14-15,17,19,21H,3-4,6-7,12-13H2,1-2H3,(H,25,29). The molecule has 0 spiro atoms. The van der Waals surface area contributed by atoms with Gasteiger partial charge in [-0.2, -0.15) is 0 Å². The molecule has 4 rings (SSSR count). The van der Waals surface area contributed by atoms with Gasteiger partial charge >= 0.3 is 6.03 Å². The van der Waals surface area contributed by atoms with Crippen LogP contribution in [0.2, 0.25) is 0 Å². The lowest BCUT2D eigenvalue weighted by molar-refractivity contribution is -0.132. The lowest BCUT2D eigenvalue weighted by Crippen LogP contribution is -2.62. The third kappa shape index (κ3) is 4.64. The fourth-order valence-corrected chi connectivity index (χ4v) is 6.05. The first-order chi connectivity index (χ1) is 16.0. The molecule has 0 aromatic heterocycles. The summed E-state index contributed by atoms with van der Waals surface area (Å²) in [5, 5.41) is 4.22. The van der Waals surface area contributed by atoms with E-state index in [9.17, 15) is 19.2 Å². The van der Waals surface area contributed by atoms with Gasteiger partial charge in [0.25, 0.3) is 0 Å². The number of benzene rings is 1. The molecule has 1 aromatic carbocycles. The number of ether oxygens (including phenoxy) is 1. The summed E-state index contributed by atoms with van der Waals surface area (Å²) in [7, 11) is 3.20.